The number of nitrogens with one attached hydrogen (secondary N) is 1. The number of carbonyl (C=O) groups is 1. The van der Waals surface area contributed by atoms with Crippen LogP contribution in [0.2, 0.25) is 5.02 Å². The Bertz CT molecular complexity index is 596. The molecule has 0 atom stereocenters. The molecule has 21 heavy (non-hydrogen) atoms. The quantitative estimate of drug-likeness (QED) is 0.859. The van der Waals surface area contributed by atoms with E-state index in [4.69, 9.17) is 17.3 Å². The fourth-order valence-electron chi connectivity index (χ4n) is 2.13. The van der Waals surface area contributed by atoms with Crippen molar-refractivity contribution >= 4 is 17.5 Å². The molecular weight excluding hydrogens is 284 g/mol. The fourth-order valence-corrected chi connectivity index (χ4v) is 2.26. The summed E-state index contributed by atoms with van der Waals surface area (Å²) in [5, 5.41) is 3.65. The van der Waals surface area contributed by atoms with E-state index in [2.05, 4.69) is 5.32 Å². The third-order valence-electron chi connectivity index (χ3n) is 3.26. The maximum atomic E-state index is 11.7. The summed E-state index contributed by atoms with van der Waals surface area (Å²) in [6.07, 6.45) is 1.18. The van der Waals surface area contributed by atoms with E-state index in [9.17, 15) is 4.79 Å². The van der Waals surface area contributed by atoms with Gasteiger partial charge in [0, 0.05) is 18.0 Å². The van der Waals surface area contributed by atoms with Crippen LogP contribution in [0, 0.1) is 0 Å². The molecule has 2 aromatic carbocycles. The minimum Gasteiger partial charge on any atom is -0.352 e. The van der Waals surface area contributed by atoms with Crippen molar-refractivity contribution in [1.29, 1.82) is 0 Å². The van der Waals surface area contributed by atoms with E-state index in [-0.39, 0.29) is 5.91 Å². The first kappa shape index (κ1) is 15.5. The first-order valence-corrected chi connectivity index (χ1v) is 7.39. The Morgan fingerprint density at radius 1 is 1.10 bits per heavy atom. The van der Waals surface area contributed by atoms with Crippen LogP contribution in [0.25, 0.3) is 11.1 Å². The van der Waals surface area contributed by atoms with Crippen molar-refractivity contribution in [3.05, 3.63) is 59.1 Å². The second-order valence-electron chi connectivity index (χ2n) is 4.83. The summed E-state index contributed by atoms with van der Waals surface area (Å²) >= 11 is 5.92. The molecule has 3 nitrogen and oxygen atoms in total. The van der Waals surface area contributed by atoms with Gasteiger partial charge in [-0.25, -0.2) is 0 Å². The minimum atomic E-state index is 0.0337. The summed E-state index contributed by atoms with van der Waals surface area (Å²) < 4.78 is 0. The SMILES string of the molecule is NCCCC(=O)NCc1ccccc1-c1ccc(Cl)cc1. The van der Waals surface area contributed by atoms with E-state index >= 15 is 0 Å². The Kier molecular flexibility index (Phi) is 5.78. The molecule has 0 bridgehead atoms. The van der Waals surface area contributed by atoms with Crippen molar-refractivity contribution in [1.82, 2.24) is 5.32 Å². The zero-order valence-corrected chi connectivity index (χ0v) is 12.6. The van der Waals surface area contributed by atoms with Crippen LogP contribution in [0.5, 0.6) is 0 Å². The molecule has 0 heterocycles. The molecule has 3 N–H and O–H groups in total. The van der Waals surface area contributed by atoms with Gasteiger partial charge in [-0.1, -0.05) is 48.0 Å². The van der Waals surface area contributed by atoms with Crippen LogP contribution in [-0.4, -0.2) is 12.5 Å². The van der Waals surface area contributed by atoms with E-state index in [1.165, 1.54) is 0 Å². The average molecular weight is 303 g/mol. The van der Waals surface area contributed by atoms with Gasteiger partial charge in [0.15, 0.2) is 0 Å². The average Bonchev–Trinajstić information content (AvgIpc) is 2.52. The topological polar surface area (TPSA) is 55.1 Å². The van der Waals surface area contributed by atoms with Crippen LogP contribution in [0.4, 0.5) is 0 Å². The van der Waals surface area contributed by atoms with Gasteiger partial charge in [-0.2, -0.15) is 0 Å². The fraction of sp³-hybridized carbons (Fsp3) is 0.235. The summed E-state index contributed by atoms with van der Waals surface area (Å²) in [7, 11) is 0. The standard InChI is InChI=1S/C17H19ClN2O/c18-15-9-7-13(8-10-15)16-5-2-1-4-14(16)12-20-17(21)6-3-11-19/h1-2,4-5,7-10H,3,6,11-12,19H2,(H,20,21). The monoisotopic (exact) mass is 302 g/mol. The van der Waals surface area contributed by atoms with Crippen molar-refractivity contribution in [2.24, 2.45) is 5.73 Å². The normalized spacial score (nSPS) is 10.4. The molecule has 0 spiro atoms. The van der Waals surface area contributed by atoms with Gasteiger partial charge >= 0.3 is 0 Å². The Labute approximate surface area is 130 Å². The summed E-state index contributed by atoms with van der Waals surface area (Å²) in [5.41, 5.74) is 8.68. The Hall–Kier alpha value is -1.84. The highest BCUT2D eigenvalue weighted by molar-refractivity contribution is 6.30. The van der Waals surface area contributed by atoms with E-state index in [0.29, 0.717) is 31.0 Å². The highest BCUT2D eigenvalue weighted by Gasteiger charge is 2.06. The second-order valence-corrected chi connectivity index (χ2v) is 5.27. The highest BCUT2D eigenvalue weighted by atomic mass is 35.5. The smallest absolute Gasteiger partial charge is 0.220 e. The number of hydrogen-bond acceptors (Lipinski definition) is 2. The van der Waals surface area contributed by atoms with Gasteiger partial charge in [0.25, 0.3) is 0 Å². The molecule has 4 heteroatoms. The molecule has 2 rings (SSSR count). The van der Waals surface area contributed by atoms with Crippen LogP contribution >= 0.6 is 11.6 Å². The lowest BCUT2D eigenvalue weighted by molar-refractivity contribution is -0.121. The number of halogens is 1. The number of amides is 1. The lowest BCUT2D eigenvalue weighted by Gasteiger charge is -2.11. The van der Waals surface area contributed by atoms with Gasteiger partial charge in [0.05, 0.1) is 0 Å². The van der Waals surface area contributed by atoms with Crippen molar-refractivity contribution in [3.8, 4) is 11.1 Å². The Morgan fingerprint density at radius 2 is 1.81 bits per heavy atom. The van der Waals surface area contributed by atoms with Crippen molar-refractivity contribution < 1.29 is 4.79 Å². The number of nitrogens with two attached hydrogens (primary N) is 1. The van der Waals surface area contributed by atoms with Gasteiger partial charge in [-0.15, -0.1) is 0 Å². The van der Waals surface area contributed by atoms with Crippen molar-refractivity contribution in [2.45, 2.75) is 19.4 Å². The minimum absolute atomic E-state index is 0.0337. The van der Waals surface area contributed by atoms with Crippen LogP contribution in [-0.2, 0) is 11.3 Å². The molecule has 0 aliphatic carbocycles. The van der Waals surface area contributed by atoms with Gasteiger partial charge in [-0.05, 0) is 41.8 Å². The lowest BCUT2D eigenvalue weighted by atomic mass is 10.00. The maximum Gasteiger partial charge on any atom is 0.220 e. The number of carbonyl (C=O) groups excluding carboxylic acids is 1. The van der Waals surface area contributed by atoms with Crippen LogP contribution < -0.4 is 11.1 Å². The predicted molar refractivity (Wildman–Crippen MR) is 87.0 cm³/mol. The molecule has 0 unspecified atom stereocenters. The van der Waals surface area contributed by atoms with Crippen molar-refractivity contribution in [2.75, 3.05) is 6.54 Å². The summed E-state index contributed by atoms with van der Waals surface area (Å²) in [6.45, 7) is 1.05. The van der Waals surface area contributed by atoms with Crippen LogP contribution in [0.1, 0.15) is 18.4 Å². The third-order valence-corrected chi connectivity index (χ3v) is 3.51. The van der Waals surface area contributed by atoms with Gasteiger partial charge in [0.2, 0.25) is 5.91 Å². The Balaban J connectivity index is 2.10. The van der Waals surface area contributed by atoms with E-state index < -0.39 is 0 Å². The summed E-state index contributed by atoms with van der Waals surface area (Å²) in [6, 6.07) is 15.7. The van der Waals surface area contributed by atoms with E-state index in [1.54, 1.807) is 0 Å². The molecule has 0 fully saturated rings. The highest BCUT2D eigenvalue weighted by Crippen LogP contribution is 2.25. The zero-order valence-electron chi connectivity index (χ0n) is 11.8. The van der Waals surface area contributed by atoms with E-state index in [1.807, 2.05) is 48.5 Å². The molecule has 0 saturated carbocycles. The summed E-state index contributed by atoms with van der Waals surface area (Å²) in [5.74, 6) is 0.0337. The molecular formula is C17H19ClN2O. The molecule has 0 saturated heterocycles. The Morgan fingerprint density at radius 3 is 2.52 bits per heavy atom. The number of hydrogen-bond donors (Lipinski definition) is 2. The molecule has 1 amide bonds. The molecule has 110 valence electrons. The number of benzene rings is 2. The lowest BCUT2D eigenvalue weighted by Crippen LogP contribution is -2.23. The molecule has 0 aliphatic heterocycles. The molecule has 0 aliphatic rings. The van der Waals surface area contributed by atoms with Crippen LogP contribution in [0.3, 0.4) is 0 Å². The van der Waals surface area contributed by atoms with Crippen LogP contribution in [0.15, 0.2) is 48.5 Å². The maximum absolute atomic E-state index is 11.7. The second kappa shape index (κ2) is 7.81. The van der Waals surface area contributed by atoms with Gasteiger partial charge < -0.3 is 11.1 Å². The number of rotatable bonds is 6. The predicted octanol–water partition coefficient (Wildman–Crippen LogP) is 3.36. The third kappa shape index (κ3) is 4.59. The molecule has 2 aromatic rings. The molecule has 0 aromatic heterocycles. The largest absolute Gasteiger partial charge is 0.352 e. The summed E-state index contributed by atoms with van der Waals surface area (Å²) in [4.78, 5) is 11.7. The van der Waals surface area contributed by atoms with Crippen molar-refractivity contribution in [3.63, 3.8) is 0 Å². The van der Waals surface area contributed by atoms with Gasteiger partial charge in [-0.3, -0.25) is 4.79 Å². The molecule has 0 radical (unpaired) electrons. The van der Waals surface area contributed by atoms with Gasteiger partial charge in [0.1, 0.15) is 0 Å². The zero-order chi connectivity index (χ0) is 15.1. The van der Waals surface area contributed by atoms with E-state index in [0.717, 1.165) is 16.7 Å². The first-order chi connectivity index (χ1) is 10.2. The first-order valence-electron chi connectivity index (χ1n) is 7.01.